The van der Waals surface area contributed by atoms with Gasteiger partial charge in [-0.15, -0.1) is 12.6 Å². The van der Waals surface area contributed by atoms with E-state index in [4.69, 9.17) is 0 Å². The number of nitrogens with zero attached hydrogens (tertiary/aromatic N) is 1. The third-order valence-corrected chi connectivity index (χ3v) is 4.42. The lowest BCUT2D eigenvalue weighted by Gasteiger charge is -2.38. The summed E-state index contributed by atoms with van der Waals surface area (Å²) in [5.74, 6) is 0. The lowest BCUT2D eigenvalue weighted by atomic mass is 9.90. The van der Waals surface area contributed by atoms with E-state index >= 15 is 0 Å². The van der Waals surface area contributed by atoms with Gasteiger partial charge in [-0.05, 0) is 25.3 Å². The Bertz CT molecular complexity index is 473. The van der Waals surface area contributed by atoms with Crippen molar-refractivity contribution in [3.63, 3.8) is 0 Å². The predicted octanol–water partition coefficient (Wildman–Crippen LogP) is 3.40. The Balaban J connectivity index is 1.92. The van der Waals surface area contributed by atoms with Gasteiger partial charge in [0.15, 0.2) is 0 Å². The molecule has 0 aromatic heterocycles. The first-order chi connectivity index (χ1) is 9.64. The van der Waals surface area contributed by atoms with Crippen LogP contribution in [0.3, 0.4) is 0 Å². The molecule has 1 aliphatic rings. The van der Waals surface area contributed by atoms with Gasteiger partial charge >= 0.3 is 0 Å². The summed E-state index contributed by atoms with van der Waals surface area (Å²) in [6, 6.07) is 10.5. The van der Waals surface area contributed by atoms with Crippen LogP contribution in [0.5, 0.6) is 0 Å². The summed E-state index contributed by atoms with van der Waals surface area (Å²) in [7, 11) is 0. The first-order valence-electron chi connectivity index (χ1n) is 7.15. The molecular weight excluding hydrogens is 266 g/mol. The third-order valence-electron chi connectivity index (χ3n) is 3.86. The number of piperidine rings is 1. The second-order valence-corrected chi connectivity index (χ2v) is 5.85. The van der Waals surface area contributed by atoms with Crippen molar-refractivity contribution in [2.45, 2.75) is 31.9 Å². The number of aliphatic hydroxyl groups is 1. The van der Waals surface area contributed by atoms with Crippen LogP contribution >= 0.6 is 12.6 Å². The molecule has 0 saturated carbocycles. The number of benzene rings is 1. The highest BCUT2D eigenvalue weighted by Gasteiger charge is 2.34. The average molecular weight is 289 g/mol. The fourth-order valence-electron chi connectivity index (χ4n) is 2.52. The summed E-state index contributed by atoms with van der Waals surface area (Å²) < 4.78 is 0. The van der Waals surface area contributed by atoms with Crippen molar-refractivity contribution in [1.29, 1.82) is 0 Å². The van der Waals surface area contributed by atoms with Gasteiger partial charge in [0.25, 0.3) is 0 Å². The maximum absolute atomic E-state index is 10.6. The van der Waals surface area contributed by atoms with E-state index < -0.39 is 5.60 Å². The standard InChI is InChI=1S/C17H23NOS/c1-2-3-9-16(20)17(19)10-12-18(13-11-17)14-15-7-5-4-6-8-15/h2-9,19-20H,10-14H2,1H3/b3-2-,16-9-. The number of allylic oxidation sites excluding steroid dienone is 3. The van der Waals surface area contributed by atoms with Crippen molar-refractivity contribution in [3.8, 4) is 0 Å². The van der Waals surface area contributed by atoms with Crippen LogP contribution in [0, 0.1) is 0 Å². The molecule has 2 rings (SSSR count). The number of likely N-dealkylation sites (tertiary alicyclic amines) is 1. The minimum atomic E-state index is -0.754. The first kappa shape index (κ1) is 15.4. The van der Waals surface area contributed by atoms with Gasteiger partial charge in [-0.3, -0.25) is 4.90 Å². The normalized spacial score (nSPS) is 20.4. The fraction of sp³-hybridized carbons (Fsp3) is 0.412. The lowest BCUT2D eigenvalue weighted by Crippen LogP contribution is -2.44. The maximum Gasteiger partial charge on any atom is 0.0976 e. The minimum Gasteiger partial charge on any atom is -0.385 e. The molecule has 0 aliphatic carbocycles. The van der Waals surface area contributed by atoms with Gasteiger partial charge in [0.2, 0.25) is 0 Å². The first-order valence-corrected chi connectivity index (χ1v) is 7.60. The van der Waals surface area contributed by atoms with Crippen molar-refractivity contribution in [2.75, 3.05) is 13.1 Å². The van der Waals surface area contributed by atoms with E-state index in [0.717, 1.165) is 37.4 Å². The highest BCUT2D eigenvalue weighted by molar-refractivity contribution is 7.84. The Hall–Kier alpha value is -1.03. The van der Waals surface area contributed by atoms with Crippen LogP contribution in [0.15, 0.2) is 53.5 Å². The highest BCUT2D eigenvalue weighted by atomic mass is 32.1. The summed E-state index contributed by atoms with van der Waals surface area (Å²) in [6.07, 6.45) is 7.26. The number of thiol groups is 1. The summed E-state index contributed by atoms with van der Waals surface area (Å²) in [6.45, 7) is 4.72. The Kier molecular flexibility index (Phi) is 5.46. The number of rotatable bonds is 4. The largest absolute Gasteiger partial charge is 0.385 e. The van der Waals surface area contributed by atoms with Gasteiger partial charge in [-0.25, -0.2) is 0 Å². The van der Waals surface area contributed by atoms with Crippen LogP contribution in [0.2, 0.25) is 0 Å². The van der Waals surface area contributed by atoms with Crippen LogP contribution in [0.1, 0.15) is 25.3 Å². The molecule has 3 heteroatoms. The van der Waals surface area contributed by atoms with Gasteiger partial charge in [0.05, 0.1) is 5.60 Å². The molecule has 2 nitrogen and oxygen atoms in total. The van der Waals surface area contributed by atoms with E-state index in [9.17, 15) is 5.11 Å². The molecule has 0 amide bonds. The van der Waals surface area contributed by atoms with E-state index in [1.807, 2.05) is 31.2 Å². The van der Waals surface area contributed by atoms with Gasteiger partial charge in [-0.1, -0.05) is 48.6 Å². The lowest BCUT2D eigenvalue weighted by molar-refractivity contribution is 0.0139. The molecular formula is C17H23NOS. The van der Waals surface area contributed by atoms with Crippen molar-refractivity contribution < 1.29 is 5.11 Å². The summed E-state index contributed by atoms with van der Waals surface area (Å²) >= 11 is 4.46. The molecule has 0 bridgehead atoms. The zero-order chi connectivity index (χ0) is 14.4. The second-order valence-electron chi connectivity index (χ2n) is 5.37. The number of hydrogen-bond acceptors (Lipinski definition) is 3. The highest BCUT2D eigenvalue weighted by Crippen LogP contribution is 2.32. The van der Waals surface area contributed by atoms with Crippen LogP contribution in [0.4, 0.5) is 0 Å². The molecule has 1 N–H and O–H groups in total. The molecule has 108 valence electrons. The molecule has 0 atom stereocenters. The van der Waals surface area contributed by atoms with Crippen LogP contribution in [0.25, 0.3) is 0 Å². The van der Waals surface area contributed by atoms with Crippen LogP contribution < -0.4 is 0 Å². The van der Waals surface area contributed by atoms with Crippen LogP contribution in [-0.4, -0.2) is 28.7 Å². The Morgan fingerprint density at radius 3 is 2.55 bits per heavy atom. The van der Waals surface area contributed by atoms with Crippen molar-refractivity contribution in [3.05, 3.63) is 59.0 Å². The topological polar surface area (TPSA) is 23.5 Å². The Labute approximate surface area is 127 Å². The molecule has 0 radical (unpaired) electrons. The molecule has 0 unspecified atom stereocenters. The Morgan fingerprint density at radius 1 is 1.30 bits per heavy atom. The monoisotopic (exact) mass is 289 g/mol. The van der Waals surface area contributed by atoms with Crippen molar-refractivity contribution in [2.24, 2.45) is 0 Å². The van der Waals surface area contributed by atoms with Gasteiger partial charge in [0.1, 0.15) is 0 Å². The molecule has 0 spiro atoms. The van der Waals surface area contributed by atoms with Gasteiger partial charge in [-0.2, -0.15) is 0 Å². The van der Waals surface area contributed by atoms with Gasteiger partial charge in [0, 0.05) is 24.5 Å². The SMILES string of the molecule is C/C=C\C=C(/S)C1(O)CCN(Cc2ccccc2)CC1. The summed E-state index contributed by atoms with van der Waals surface area (Å²) in [4.78, 5) is 3.16. The smallest absolute Gasteiger partial charge is 0.0976 e. The third kappa shape index (κ3) is 3.98. The maximum atomic E-state index is 10.6. The van der Waals surface area contributed by atoms with Crippen molar-refractivity contribution in [1.82, 2.24) is 4.90 Å². The molecule has 20 heavy (non-hydrogen) atoms. The quantitative estimate of drug-likeness (QED) is 0.655. The van der Waals surface area contributed by atoms with E-state index in [1.165, 1.54) is 5.56 Å². The molecule has 1 heterocycles. The molecule has 1 saturated heterocycles. The average Bonchev–Trinajstić information content (AvgIpc) is 2.48. The van der Waals surface area contributed by atoms with E-state index in [-0.39, 0.29) is 0 Å². The van der Waals surface area contributed by atoms with Gasteiger partial charge < -0.3 is 5.11 Å². The van der Waals surface area contributed by atoms with E-state index in [1.54, 1.807) is 0 Å². The van der Waals surface area contributed by atoms with E-state index in [0.29, 0.717) is 0 Å². The second kappa shape index (κ2) is 7.11. The molecule has 1 aromatic rings. The fourth-order valence-corrected chi connectivity index (χ4v) is 2.83. The summed E-state index contributed by atoms with van der Waals surface area (Å²) in [5, 5.41) is 10.6. The molecule has 1 aliphatic heterocycles. The molecule has 1 aromatic carbocycles. The summed E-state index contributed by atoms with van der Waals surface area (Å²) in [5.41, 5.74) is 0.573. The van der Waals surface area contributed by atoms with Crippen LogP contribution in [-0.2, 0) is 6.54 Å². The zero-order valence-electron chi connectivity index (χ0n) is 12.0. The zero-order valence-corrected chi connectivity index (χ0v) is 12.9. The Morgan fingerprint density at radius 2 is 1.95 bits per heavy atom. The van der Waals surface area contributed by atoms with Crippen molar-refractivity contribution >= 4 is 12.6 Å². The number of hydrogen-bond donors (Lipinski definition) is 2. The van der Waals surface area contributed by atoms with E-state index in [2.05, 4.69) is 41.8 Å². The molecule has 1 fully saturated rings. The predicted molar refractivity (Wildman–Crippen MR) is 87.8 cm³/mol. The minimum absolute atomic E-state index is 0.743.